The molecule has 178 valence electrons. The summed E-state index contributed by atoms with van der Waals surface area (Å²) in [5.41, 5.74) is 0. The Kier molecular flexibility index (Phi) is 15.5. The number of hydrogen-bond donors (Lipinski definition) is 2. The normalized spacial score (nSPS) is 18.5. The van der Waals surface area contributed by atoms with Gasteiger partial charge in [0, 0.05) is 17.2 Å². The molecule has 0 radical (unpaired) electrons. The summed E-state index contributed by atoms with van der Waals surface area (Å²) in [4.78, 5) is 13.7. The number of rotatable bonds is 19. The van der Waals surface area contributed by atoms with Crippen LogP contribution in [0, 0.1) is 0 Å². The molecule has 0 saturated carbocycles. The van der Waals surface area contributed by atoms with Crippen molar-refractivity contribution < 1.29 is 4.79 Å². The summed E-state index contributed by atoms with van der Waals surface area (Å²) in [6.07, 6.45) is 22.1. The molecule has 1 aliphatic heterocycles. The molecule has 1 aromatic rings. The summed E-state index contributed by atoms with van der Waals surface area (Å²) in [5.74, 6) is 1.04. The van der Waals surface area contributed by atoms with Gasteiger partial charge in [-0.25, -0.2) is 0 Å². The van der Waals surface area contributed by atoms with Gasteiger partial charge in [-0.2, -0.15) is 0 Å². The fourth-order valence-corrected chi connectivity index (χ4v) is 6.41. The van der Waals surface area contributed by atoms with Crippen LogP contribution in [0.4, 0.5) is 0 Å². The first-order chi connectivity index (χ1) is 15.3. The van der Waals surface area contributed by atoms with E-state index in [2.05, 4.69) is 35.1 Å². The maximum Gasteiger partial charge on any atom is 0.238 e. The van der Waals surface area contributed by atoms with E-state index in [1.807, 2.05) is 11.8 Å². The van der Waals surface area contributed by atoms with Crippen molar-refractivity contribution >= 4 is 29.0 Å². The maximum absolute atomic E-state index is 12.3. The van der Waals surface area contributed by atoms with Gasteiger partial charge in [-0.1, -0.05) is 109 Å². The van der Waals surface area contributed by atoms with Crippen LogP contribution in [0.1, 0.15) is 120 Å². The van der Waals surface area contributed by atoms with Crippen molar-refractivity contribution in [1.82, 2.24) is 10.6 Å². The van der Waals surface area contributed by atoms with Crippen molar-refractivity contribution in [2.45, 2.75) is 121 Å². The first kappa shape index (κ1) is 26.7. The largest absolute Gasteiger partial charge is 0.355 e. The quantitative estimate of drug-likeness (QED) is 0.204. The SMILES string of the molecule is CCCCCCCCCCCCCCCCCCNC(=O)[C@H]1CSC(c2cccs2)N1. The van der Waals surface area contributed by atoms with E-state index < -0.39 is 0 Å². The summed E-state index contributed by atoms with van der Waals surface area (Å²) in [6, 6.07) is 4.18. The molecule has 2 heterocycles. The highest BCUT2D eigenvalue weighted by atomic mass is 32.2. The Bertz CT molecular complexity index is 550. The fourth-order valence-electron chi connectivity index (χ4n) is 4.24. The van der Waals surface area contributed by atoms with Gasteiger partial charge in [-0.15, -0.1) is 23.1 Å². The Morgan fingerprint density at radius 2 is 1.45 bits per heavy atom. The van der Waals surface area contributed by atoms with Crippen LogP contribution in [0.15, 0.2) is 17.5 Å². The highest BCUT2D eigenvalue weighted by Crippen LogP contribution is 2.35. The molecule has 1 saturated heterocycles. The lowest BCUT2D eigenvalue weighted by molar-refractivity contribution is -0.122. The molecule has 0 spiro atoms. The van der Waals surface area contributed by atoms with Crippen molar-refractivity contribution in [2.75, 3.05) is 12.3 Å². The minimum absolute atomic E-state index is 0.0434. The van der Waals surface area contributed by atoms with Crippen molar-refractivity contribution in [3.8, 4) is 0 Å². The highest BCUT2D eigenvalue weighted by Gasteiger charge is 2.30. The number of thiophene rings is 1. The molecule has 1 amide bonds. The highest BCUT2D eigenvalue weighted by molar-refractivity contribution is 7.99. The van der Waals surface area contributed by atoms with Gasteiger partial charge in [-0.05, 0) is 17.9 Å². The zero-order valence-electron chi connectivity index (χ0n) is 19.8. The molecule has 0 aromatic carbocycles. The molecule has 1 aliphatic rings. The van der Waals surface area contributed by atoms with Crippen LogP contribution in [0.25, 0.3) is 0 Å². The molecule has 31 heavy (non-hydrogen) atoms. The van der Waals surface area contributed by atoms with Crippen LogP contribution in [-0.2, 0) is 4.79 Å². The predicted molar refractivity (Wildman–Crippen MR) is 139 cm³/mol. The minimum atomic E-state index is -0.0434. The molecule has 1 aromatic heterocycles. The lowest BCUT2D eigenvalue weighted by atomic mass is 10.0. The van der Waals surface area contributed by atoms with Crippen molar-refractivity contribution in [1.29, 1.82) is 0 Å². The third-order valence-corrected chi connectivity index (χ3v) is 8.57. The molecule has 2 N–H and O–H groups in total. The van der Waals surface area contributed by atoms with Crippen LogP contribution in [0.3, 0.4) is 0 Å². The molecule has 1 unspecified atom stereocenters. The Balaban J connectivity index is 1.30. The second kappa shape index (κ2) is 18.0. The Morgan fingerprint density at radius 3 is 1.97 bits per heavy atom. The third-order valence-electron chi connectivity index (χ3n) is 6.23. The number of hydrogen-bond acceptors (Lipinski definition) is 4. The fraction of sp³-hybridized carbons (Fsp3) is 0.808. The van der Waals surface area contributed by atoms with Gasteiger partial charge < -0.3 is 5.32 Å². The number of carbonyl (C=O) groups is 1. The standard InChI is InChI=1S/C26H46N2OS2/c1-2-3-4-5-6-7-8-9-10-11-12-13-14-15-16-17-20-27-25(29)23-22-31-26(28-23)24-19-18-21-30-24/h18-19,21,23,26,28H,2-17,20,22H2,1H3,(H,27,29)/t23-,26?/m1/s1. The first-order valence-electron chi connectivity index (χ1n) is 13.0. The smallest absolute Gasteiger partial charge is 0.238 e. The van der Waals surface area contributed by atoms with Gasteiger partial charge in [0.2, 0.25) is 5.91 Å². The van der Waals surface area contributed by atoms with Gasteiger partial charge in [0.1, 0.15) is 0 Å². The molecular formula is C26H46N2OS2. The number of carbonyl (C=O) groups excluding carboxylic acids is 1. The average Bonchev–Trinajstić information content (AvgIpc) is 3.48. The zero-order chi connectivity index (χ0) is 22.0. The van der Waals surface area contributed by atoms with Gasteiger partial charge in [0.05, 0.1) is 11.4 Å². The molecule has 5 heteroatoms. The number of unbranched alkanes of at least 4 members (excludes halogenated alkanes) is 15. The van der Waals surface area contributed by atoms with E-state index >= 15 is 0 Å². The second-order valence-corrected chi connectivity index (χ2v) is 11.2. The van der Waals surface area contributed by atoms with E-state index in [1.54, 1.807) is 11.3 Å². The summed E-state index contributed by atoms with van der Waals surface area (Å²) in [7, 11) is 0. The van der Waals surface area contributed by atoms with E-state index in [1.165, 1.54) is 101 Å². The Labute approximate surface area is 199 Å². The Morgan fingerprint density at radius 1 is 0.903 bits per heavy atom. The zero-order valence-corrected chi connectivity index (χ0v) is 21.5. The minimum Gasteiger partial charge on any atom is -0.355 e. The molecular weight excluding hydrogens is 420 g/mol. The van der Waals surface area contributed by atoms with Crippen molar-refractivity contribution in [2.24, 2.45) is 0 Å². The van der Waals surface area contributed by atoms with Gasteiger partial charge in [-0.3, -0.25) is 10.1 Å². The topological polar surface area (TPSA) is 41.1 Å². The van der Waals surface area contributed by atoms with Crippen LogP contribution in [0.5, 0.6) is 0 Å². The van der Waals surface area contributed by atoms with Crippen molar-refractivity contribution in [3.05, 3.63) is 22.4 Å². The maximum atomic E-state index is 12.3. The van der Waals surface area contributed by atoms with E-state index in [9.17, 15) is 4.79 Å². The van der Waals surface area contributed by atoms with Crippen molar-refractivity contribution in [3.63, 3.8) is 0 Å². The van der Waals surface area contributed by atoms with Crippen LogP contribution in [-0.4, -0.2) is 24.2 Å². The molecule has 0 aliphatic carbocycles. The average molecular weight is 467 g/mol. The molecule has 2 rings (SSSR count). The summed E-state index contributed by atoms with van der Waals surface area (Å²) in [6.45, 7) is 3.11. The third kappa shape index (κ3) is 12.3. The van der Waals surface area contributed by atoms with Gasteiger partial charge >= 0.3 is 0 Å². The van der Waals surface area contributed by atoms with Gasteiger partial charge in [0.15, 0.2) is 0 Å². The van der Waals surface area contributed by atoms with E-state index in [-0.39, 0.29) is 17.3 Å². The second-order valence-electron chi connectivity index (χ2n) is 9.04. The number of thioether (sulfide) groups is 1. The first-order valence-corrected chi connectivity index (χ1v) is 14.9. The van der Waals surface area contributed by atoms with Crippen LogP contribution in [0.2, 0.25) is 0 Å². The van der Waals surface area contributed by atoms with E-state index in [4.69, 9.17) is 0 Å². The number of nitrogens with one attached hydrogen (secondary N) is 2. The number of amides is 1. The molecule has 1 fully saturated rings. The lowest BCUT2D eigenvalue weighted by Gasteiger charge is -2.12. The van der Waals surface area contributed by atoms with Gasteiger partial charge in [0.25, 0.3) is 0 Å². The lowest BCUT2D eigenvalue weighted by Crippen LogP contribution is -2.42. The predicted octanol–water partition coefficient (Wildman–Crippen LogP) is 7.83. The Hall–Kier alpha value is -0.520. The van der Waals surface area contributed by atoms with E-state index in [0.29, 0.717) is 0 Å². The monoisotopic (exact) mass is 466 g/mol. The van der Waals surface area contributed by atoms with E-state index in [0.717, 1.165) is 18.7 Å². The summed E-state index contributed by atoms with van der Waals surface area (Å²) in [5, 5.41) is 8.97. The van der Waals surface area contributed by atoms with Crippen LogP contribution < -0.4 is 10.6 Å². The van der Waals surface area contributed by atoms with Crippen LogP contribution >= 0.6 is 23.1 Å². The summed E-state index contributed by atoms with van der Waals surface area (Å²) >= 11 is 3.60. The molecule has 0 bridgehead atoms. The molecule has 2 atom stereocenters. The summed E-state index contributed by atoms with van der Waals surface area (Å²) < 4.78 is 0. The molecule has 3 nitrogen and oxygen atoms in total.